The van der Waals surface area contributed by atoms with Gasteiger partial charge < -0.3 is 15.1 Å². The van der Waals surface area contributed by atoms with Crippen LogP contribution in [0.3, 0.4) is 0 Å². The first-order valence-electron chi connectivity index (χ1n) is 13.0. The van der Waals surface area contributed by atoms with Crippen molar-refractivity contribution in [2.24, 2.45) is 0 Å². The summed E-state index contributed by atoms with van der Waals surface area (Å²) >= 11 is 0. The number of aromatic nitrogens is 3. The van der Waals surface area contributed by atoms with Gasteiger partial charge in [-0.3, -0.25) is 0 Å². The first kappa shape index (κ1) is 24.0. The first-order valence-corrected chi connectivity index (χ1v) is 13.0. The summed E-state index contributed by atoms with van der Waals surface area (Å²) in [4.78, 5) is 18.0. The topological polar surface area (TPSA) is 57.2 Å². The average Bonchev–Trinajstić information content (AvgIpc) is 3.68. The van der Waals surface area contributed by atoms with E-state index in [0.717, 1.165) is 48.2 Å². The average molecular weight is 508 g/mol. The zero-order chi connectivity index (χ0) is 25.6. The van der Waals surface area contributed by atoms with E-state index in [-0.39, 0.29) is 5.82 Å². The molecule has 1 atom stereocenters. The van der Waals surface area contributed by atoms with E-state index < -0.39 is 11.7 Å². The Hall–Kier alpha value is -3.36. The van der Waals surface area contributed by atoms with Crippen LogP contribution in [0.5, 0.6) is 0 Å². The number of nitrogens with one attached hydrogen (secondary N) is 1. The molecule has 3 aromatic rings. The van der Waals surface area contributed by atoms with Gasteiger partial charge in [-0.2, -0.15) is 18.2 Å². The highest BCUT2D eigenvalue weighted by Gasteiger charge is 2.36. The standard InChI is InChI=1S/C28H30F3N6/c1-18-4-3-15-37(18)27-34-24-13-17-36(26-23(28(29,30)31)5-2-14-32-26)16-12-22(24)25(35-27)33-21-10-8-20(9-11-21)19-6-7-19/h2,5,8-11,14,18H,3-4,6-7,12-13,15-17H2,1H3,(H,33,34,35). The SMILES string of the molecule is CC1CCCN1c1nc2c(c(Nc3ccc([C]4CC4)cc3)n1)CCN(c1ncccc1C(F)(F)F)CC2. The fourth-order valence-corrected chi connectivity index (χ4v) is 5.41. The summed E-state index contributed by atoms with van der Waals surface area (Å²) in [6.45, 7) is 3.90. The third kappa shape index (κ3) is 4.95. The molecule has 1 aliphatic carbocycles. The quantitative estimate of drug-likeness (QED) is 0.461. The van der Waals surface area contributed by atoms with Gasteiger partial charge in [0, 0.05) is 55.5 Å². The van der Waals surface area contributed by atoms with E-state index in [0.29, 0.717) is 37.9 Å². The number of alkyl halides is 3. The van der Waals surface area contributed by atoms with Crippen LogP contribution in [-0.4, -0.2) is 40.6 Å². The second-order valence-electron chi connectivity index (χ2n) is 10.1. The lowest BCUT2D eigenvalue weighted by atomic mass is 10.1. The van der Waals surface area contributed by atoms with Crippen LogP contribution in [0.2, 0.25) is 0 Å². The smallest absolute Gasteiger partial charge is 0.355 e. The molecule has 0 amide bonds. The van der Waals surface area contributed by atoms with E-state index in [1.54, 1.807) is 4.90 Å². The van der Waals surface area contributed by atoms with Gasteiger partial charge >= 0.3 is 6.18 Å². The molecule has 2 fully saturated rings. The van der Waals surface area contributed by atoms with E-state index in [1.807, 2.05) is 0 Å². The second-order valence-corrected chi connectivity index (χ2v) is 10.1. The number of anilines is 4. The maximum absolute atomic E-state index is 13.7. The minimum atomic E-state index is -4.46. The van der Waals surface area contributed by atoms with Crippen molar-refractivity contribution in [2.45, 2.75) is 57.7 Å². The fraction of sp³-hybridized carbons (Fsp3) is 0.429. The monoisotopic (exact) mass is 507 g/mol. The molecular weight excluding hydrogens is 477 g/mol. The number of hydrogen-bond donors (Lipinski definition) is 1. The molecule has 1 aromatic carbocycles. The van der Waals surface area contributed by atoms with Gasteiger partial charge in [0.05, 0.1) is 11.3 Å². The van der Waals surface area contributed by atoms with Crippen LogP contribution >= 0.6 is 0 Å². The van der Waals surface area contributed by atoms with Gasteiger partial charge in [-0.15, -0.1) is 0 Å². The first-order chi connectivity index (χ1) is 17.9. The lowest BCUT2D eigenvalue weighted by molar-refractivity contribution is -0.137. The molecule has 193 valence electrons. The minimum absolute atomic E-state index is 0.0215. The number of nitrogens with zero attached hydrogens (tertiary/aromatic N) is 5. The number of benzene rings is 1. The molecule has 6 rings (SSSR count). The van der Waals surface area contributed by atoms with Crippen LogP contribution < -0.4 is 15.1 Å². The molecular formula is C28H30F3N6. The Balaban J connectivity index is 1.33. The highest BCUT2D eigenvalue weighted by Crippen LogP contribution is 2.40. The van der Waals surface area contributed by atoms with Crippen molar-refractivity contribution in [3.05, 3.63) is 70.9 Å². The molecule has 6 nitrogen and oxygen atoms in total. The van der Waals surface area contributed by atoms with Crippen molar-refractivity contribution in [2.75, 3.05) is 34.8 Å². The number of hydrogen-bond acceptors (Lipinski definition) is 6. The van der Waals surface area contributed by atoms with Gasteiger partial charge in [0.15, 0.2) is 0 Å². The Kier molecular flexibility index (Phi) is 6.16. The van der Waals surface area contributed by atoms with Crippen LogP contribution in [0.25, 0.3) is 0 Å². The molecule has 2 aliphatic heterocycles. The molecule has 1 saturated carbocycles. The zero-order valence-corrected chi connectivity index (χ0v) is 20.9. The molecule has 1 radical (unpaired) electrons. The van der Waals surface area contributed by atoms with Crippen molar-refractivity contribution < 1.29 is 13.2 Å². The Morgan fingerprint density at radius 1 is 0.946 bits per heavy atom. The number of rotatable bonds is 5. The molecule has 2 aromatic heterocycles. The lowest BCUT2D eigenvalue weighted by Crippen LogP contribution is -2.29. The molecule has 1 unspecified atom stereocenters. The normalized spacial score (nSPS) is 20.1. The largest absolute Gasteiger partial charge is 0.419 e. The Morgan fingerprint density at radius 2 is 1.73 bits per heavy atom. The molecule has 3 aliphatic rings. The van der Waals surface area contributed by atoms with Crippen LogP contribution in [0.1, 0.15) is 55.0 Å². The number of halogens is 3. The van der Waals surface area contributed by atoms with Crippen LogP contribution in [-0.2, 0) is 19.0 Å². The van der Waals surface area contributed by atoms with Crippen molar-refractivity contribution in [3.8, 4) is 0 Å². The van der Waals surface area contributed by atoms with Crippen molar-refractivity contribution in [1.29, 1.82) is 0 Å². The summed E-state index contributed by atoms with van der Waals surface area (Å²) < 4.78 is 41.1. The highest BCUT2D eigenvalue weighted by atomic mass is 19.4. The Bertz CT molecular complexity index is 1270. The van der Waals surface area contributed by atoms with Gasteiger partial charge in [-0.05, 0) is 68.9 Å². The third-order valence-electron chi connectivity index (χ3n) is 7.59. The Labute approximate surface area is 214 Å². The molecule has 37 heavy (non-hydrogen) atoms. The van der Waals surface area contributed by atoms with E-state index in [1.165, 1.54) is 36.6 Å². The minimum Gasteiger partial charge on any atom is -0.355 e. The molecule has 1 saturated heterocycles. The van der Waals surface area contributed by atoms with Crippen LogP contribution in [0.15, 0.2) is 42.6 Å². The lowest BCUT2D eigenvalue weighted by Gasteiger charge is -2.24. The zero-order valence-electron chi connectivity index (χ0n) is 20.9. The van der Waals surface area contributed by atoms with Crippen LogP contribution in [0, 0.1) is 5.92 Å². The fourth-order valence-electron chi connectivity index (χ4n) is 5.41. The Morgan fingerprint density at radius 3 is 2.43 bits per heavy atom. The number of pyridine rings is 1. The summed E-state index contributed by atoms with van der Waals surface area (Å²) in [6, 6.07) is 11.2. The summed E-state index contributed by atoms with van der Waals surface area (Å²) in [5, 5.41) is 3.51. The molecule has 9 heteroatoms. The molecule has 4 heterocycles. The second kappa shape index (κ2) is 9.50. The highest BCUT2D eigenvalue weighted by molar-refractivity contribution is 5.64. The maximum Gasteiger partial charge on any atom is 0.419 e. The van der Waals surface area contributed by atoms with Crippen LogP contribution in [0.4, 0.5) is 36.4 Å². The van der Waals surface area contributed by atoms with E-state index >= 15 is 0 Å². The van der Waals surface area contributed by atoms with Gasteiger partial charge in [-0.25, -0.2) is 9.97 Å². The van der Waals surface area contributed by atoms with Crippen molar-refractivity contribution in [1.82, 2.24) is 15.0 Å². The van der Waals surface area contributed by atoms with Gasteiger partial charge in [0.25, 0.3) is 0 Å². The predicted octanol–water partition coefficient (Wildman–Crippen LogP) is 5.94. The summed E-state index contributed by atoms with van der Waals surface area (Å²) in [6.07, 6.45) is 2.55. The molecule has 1 N–H and O–H groups in total. The van der Waals surface area contributed by atoms with E-state index in [9.17, 15) is 13.2 Å². The maximum atomic E-state index is 13.7. The van der Waals surface area contributed by atoms with Gasteiger partial charge in [0.2, 0.25) is 5.95 Å². The number of fused-ring (bicyclic) bond motifs is 1. The van der Waals surface area contributed by atoms with Gasteiger partial charge in [-0.1, -0.05) is 12.1 Å². The van der Waals surface area contributed by atoms with E-state index in [4.69, 9.17) is 9.97 Å². The summed E-state index contributed by atoms with van der Waals surface area (Å²) in [5.41, 5.74) is 3.37. The van der Waals surface area contributed by atoms with Crippen molar-refractivity contribution in [3.63, 3.8) is 0 Å². The summed E-state index contributed by atoms with van der Waals surface area (Å²) in [5.74, 6) is 2.90. The third-order valence-corrected chi connectivity index (χ3v) is 7.59. The van der Waals surface area contributed by atoms with E-state index in [2.05, 4.69) is 46.4 Å². The van der Waals surface area contributed by atoms with Crippen molar-refractivity contribution >= 4 is 23.3 Å². The van der Waals surface area contributed by atoms with Gasteiger partial charge in [0.1, 0.15) is 11.6 Å². The molecule has 0 bridgehead atoms. The summed E-state index contributed by atoms with van der Waals surface area (Å²) in [7, 11) is 0. The predicted molar refractivity (Wildman–Crippen MR) is 138 cm³/mol. The molecule has 0 spiro atoms.